The van der Waals surface area contributed by atoms with Crippen molar-refractivity contribution in [1.29, 1.82) is 0 Å². The topological polar surface area (TPSA) is 98.2 Å². The average molecular weight is 399 g/mol. The van der Waals surface area contributed by atoms with Gasteiger partial charge < -0.3 is 19.5 Å². The molecule has 0 aliphatic rings. The summed E-state index contributed by atoms with van der Waals surface area (Å²) in [4.78, 5) is 23.9. The van der Waals surface area contributed by atoms with E-state index in [4.69, 9.17) is 14.2 Å². The largest absolute Gasteiger partial charge is 0.497 e. The molecule has 2 aromatic rings. The van der Waals surface area contributed by atoms with E-state index in [1.54, 1.807) is 42.5 Å². The molecule has 0 aromatic heterocycles. The molecule has 2 aromatic carbocycles. The first-order valence-electron chi connectivity index (χ1n) is 9.21. The highest BCUT2D eigenvalue weighted by molar-refractivity contribution is 6.03. The minimum atomic E-state index is -0.530. The molecule has 0 heterocycles. The minimum Gasteiger partial charge on any atom is -0.497 e. The Kier molecular flexibility index (Phi) is 8.50. The van der Waals surface area contributed by atoms with Gasteiger partial charge in [-0.25, -0.2) is 5.43 Å². The number of ether oxygens (including phenoxy) is 3. The number of hydrogen-bond acceptors (Lipinski definition) is 6. The number of hydrazone groups is 1. The number of carbonyl (C=O) groups excluding carboxylic acids is 2. The second kappa shape index (κ2) is 11.3. The van der Waals surface area contributed by atoms with Gasteiger partial charge in [0.05, 0.1) is 26.5 Å². The van der Waals surface area contributed by atoms with Crippen LogP contribution in [0.4, 0.5) is 5.69 Å². The van der Waals surface area contributed by atoms with E-state index in [2.05, 4.69) is 15.8 Å². The number of rotatable bonds is 10. The van der Waals surface area contributed by atoms with E-state index >= 15 is 0 Å². The van der Waals surface area contributed by atoms with Crippen LogP contribution in [0.25, 0.3) is 0 Å². The summed E-state index contributed by atoms with van der Waals surface area (Å²) in [6, 6.07) is 12.2. The molecular weight excluding hydrogens is 374 g/mol. The molecule has 0 aliphatic heterocycles. The fourth-order valence-electron chi connectivity index (χ4n) is 2.42. The summed E-state index contributed by atoms with van der Waals surface area (Å²) in [5.74, 6) is 0.869. The SMILES string of the molecule is CCOc1ccc(C=NNC(=O)CC(=O)Nc2cccc(OC)c2)cc1OCC. The zero-order valence-electron chi connectivity index (χ0n) is 16.7. The third kappa shape index (κ3) is 7.17. The highest BCUT2D eigenvalue weighted by atomic mass is 16.5. The quantitative estimate of drug-likeness (QED) is 0.364. The number of methoxy groups -OCH3 is 1. The van der Waals surface area contributed by atoms with Crippen LogP contribution in [0.5, 0.6) is 17.2 Å². The summed E-state index contributed by atoms with van der Waals surface area (Å²) in [6.45, 7) is 4.81. The maximum atomic E-state index is 12.0. The fourth-order valence-corrected chi connectivity index (χ4v) is 2.42. The Balaban J connectivity index is 1.88. The van der Waals surface area contributed by atoms with Crippen molar-refractivity contribution in [2.24, 2.45) is 5.10 Å². The van der Waals surface area contributed by atoms with Crippen LogP contribution in [-0.4, -0.2) is 38.4 Å². The van der Waals surface area contributed by atoms with Crippen LogP contribution in [0.15, 0.2) is 47.6 Å². The molecule has 2 amide bonds. The van der Waals surface area contributed by atoms with E-state index in [1.165, 1.54) is 13.3 Å². The lowest BCUT2D eigenvalue weighted by atomic mass is 10.2. The van der Waals surface area contributed by atoms with Crippen molar-refractivity contribution in [1.82, 2.24) is 5.43 Å². The van der Waals surface area contributed by atoms with Gasteiger partial charge in [-0.15, -0.1) is 0 Å². The Morgan fingerprint density at radius 3 is 2.48 bits per heavy atom. The molecule has 0 saturated carbocycles. The van der Waals surface area contributed by atoms with Gasteiger partial charge in [0.1, 0.15) is 12.2 Å². The second-order valence-corrected chi connectivity index (χ2v) is 5.82. The van der Waals surface area contributed by atoms with Gasteiger partial charge >= 0.3 is 0 Å². The number of benzene rings is 2. The lowest BCUT2D eigenvalue weighted by Gasteiger charge is -2.11. The summed E-state index contributed by atoms with van der Waals surface area (Å²) in [6.07, 6.45) is 1.11. The predicted octanol–water partition coefficient (Wildman–Crippen LogP) is 2.97. The van der Waals surface area contributed by atoms with Crippen LogP contribution >= 0.6 is 0 Å². The van der Waals surface area contributed by atoms with Gasteiger partial charge in [-0.3, -0.25) is 9.59 Å². The zero-order chi connectivity index (χ0) is 21.1. The average Bonchev–Trinajstić information content (AvgIpc) is 2.70. The first kappa shape index (κ1) is 21.7. The highest BCUT2D eigenvalue weighted by Crippen LogP contribution is 2.28. The molecule has 2 rings (SSSR count). The van der Waals surface area contributed by atoms with E-state index in [0.29, 0.717) is 36.1 Å². The molecule has 0 unspecified atom stereocenters. The monoisotopic (exact) mass is 399 g/mol. The van der Waals surface area contributed by atoms with Gasteiger partial charge in [-0.2, -0.15) is 5.10 Å². The molecule has 8 heteroatoms. The van der Waals surface area contributed by atoms with E-state index in [0.717, 1.165) is 5.56 Å². The first-order valence-corrected chi connectivity index (χ1v) is 9.21. The Hall–Kier alpha value is -3.55. The first-order chi connectivity index (χ1) is 14.0. The van der Waals surface area contributed by atoms with E-state index in [9.17, 15) is 9.59 Å². The molecule has 0 radical (unpaired) electrons. The van der Waals surface area contributed by atoms with Crippen molar-refractivity contribution < 1.29 is 23.8 Å². The summed E-state index contributed by atoms with van der Waals surface area (Å²) < 4.78 is 16.1. The molecule has 154 valence electrons. The van der Waals surface area contributed by atoms with Crippen LogP contribution in [0.3, 0.4) is 0 Å². The van der Waals surface area contributed by atoms with Crippen LogP contribution < -0.4 is 25.0 Å². The molecule has 2 N–H and O–H groups in total. The molecule has 0 saturated heterocycles. The van der Waals surface area contributed by atoms with Crippen molar-refractivity contribution in [3.8, 4) is 17.2 Å². The van der Waals surface area contributed by atoms with Gasteiger partial charge in [-0.1, -0.05) is 6.07 Å². The smallest absolute Gasteiger partial charge is 0.249 e. The summed E-state index contributed by atoms with van der Waals surface area (Å²) in [5, 5.41) is 6.52. The summed E-state index contributed by atoms with van der Waals surface area (Å²) in [7, 11) is 1.54. The maximum absolute atomic E-state index is 12.0. The summed E-state index contributed by atoms with van der Waals surface area (Å²) >= 11 is 0. The van der Waals surface area contributed by atoms with Crippen LogP contribution in [0, 0.1) is 0 Å². The van der Waals surface area contributed by atoms with E-state index in [-0.39, 0.29) is 6.42 Å². The predicted molar refractivity (Wildman–Crippen MR) is 111 cm³/mol. The molecule has 0 aliphatic carbocycles. The number of hydrogen-bond donors (Lipinski definition) is 2. The lowest BCUT2D eigenvalue weighted by molar-refractivity contribution is -0.126. The molecule has 8 nitrogen and oxygen atoms in total. The number of nitrogens with one attached hydrogen (secondary N) is 2. The molecule has 0 spiro atoms. The van der Waals surface area contributed by atoms with Gasteiger partial charge in [0.15, 0.2) is 11.5 Å². The van der Waals surface area contributed by atoms with Gasteiger partial charge in [0.25, 0.3) is 0 Å². The third-order valence-electron chi connectivity index (χ3n) is 3.64. The number of nitrogens with zero attached hydrogens (tertiary/aromatic N) is 1. The highest BCUT2D eigenvalue weighted by Gasteiger charge is 2.10. The van der Waals surface area contributed by atoms with Gasteiger partial charge in [0, 0.05) is 11.8 Å². The van der Waals surface area contributed by atoms with Crippen LogP contribution in [0.2, 0.25) is 0 Å². The van der Waals surface area contributed by atoms with Crippen molar-refractivity contribution in [3.63, 3.8) is 0 Å². The van der Waals surface area contributed by atoms with E-state index < -0.39 is 11.8 Å². The standard InChI is InChI=1S/C21H25N3O5/c1-4-28-18-10-9-15(11-19(18)29-5-2)14-22-24-21(26)13-20(25)23-16-7-6-8-17(12-16)27-3/h6-12,14H,4-5,13H2,1-3H3,(H,23,25)(H,24,26). The number of anilines is 1. The molecule has 0 fully saturated rings. The molecular formula is C21H25N3O5. The number of carbonyl (C=O) groups is 2. The Bertz CT molecular complexity index is 867. The Labute approximate surface area is 169 Å². The van der Waals surface area contributed by atoms with Crippen molar-refractivity contribution in [3.05, 3.63) is 48.0 Å². The minimum absolute atomic E-state index is 0.359. The fraction of sp³-hybridized carbons (Fsp3) is 0.286. The van der Waals surface area contributed by atoms with Crippen LogP contribution in [-0.2, 0) is 9.59 Å². The summed E-state index contributed by atoms with van der Waals surface area (Å²) in [5.41, 5.74) is 3.60. The van der Waals surface area contributed by atoms with E-state index in [1.807, 2.05) is 13.8 Å². The molecule has 29 heavy (non-hydrogen) atoms. The lowest BCUT2D eigenvalue weighted by Crippen LogP contribution is -2.24. The normalized spacial score (nSPS) is 10.4. The van der Waals surface area contributed by atoms with Crippen molar-refractivity contribution >= 4 is 23.7 Å². The maximum Gasteiger partial charge on any atom is 0.249 e. The second-order valence-electron chi connectivity index (χ2n) is 5.82. The number of amides is 2. The molecule has 0 bridgehead atoms. The van der Waals surface area contributed by atoms with Crippen LogP contribution in [0.1, 0.15) is 25.8 Å². The third-order valence-corrected chi connectivity index (χ3v) is 3.64. The van der Waals surface area contributed by atoms with Crippen molar-refractivity contribution in [2.45, 2.75) is 20.3 Å². The van der Waals surface area contributed by atoms with Crippen molar-refractivity contribution in [2.75, 3.05) is 25.6 Å². The Morgan fingerprint density at radius 2 is 1.76 bits per heavy atom. The van der Waals surface area contributed by atoms with Gasteiger partial charge in [-0.05, 0) is 49.7 Å². The molecule has 0 atom stereocenters. The Morgan fingerprint density at radius 1 is 1.00 bits per heavy atom. The van der Waals surface area contributed by atoms with Gasteiger partial charge in [0.2, 0.25) is 11.8 Å². The zero-order valence-corrected chi connectivity index (χ0v) is 16.7.